The van der Waals surface area contributed by atoms with Crippen molar-refractivity contribution in [2.45, 2.75) is 13.8 Å². The third-order valence-corrected chi connectivity index (χ3v) is 3.04. The van der Waals surface area contributed by atoms with Gasteiger partial charge in [0.15, 0.2) is 5.76 Å². The summed E-state index contributed by atoms with van der Waals surface area (Å²) < 4.78 is 10.8. The SMILES string of the molecule is Cc1cc(C)c2oc(-c3ccco3)c(O)c(=O)c2c1. The number of hydrogen-bond donors (Lipinski definition) is 1. The lowest BCUT2D eigenvalue weighted by atomic mass is 10.1. The molecule has 0 spiro atoms. The van der Waals surface area contributed by atoms with Gasteiger partial charge in [-0.3, -0.25) is 4.79 Å². The Bertz CT molecular complexity index is 810. The summed E-state index contributed by atoms with van der Waals surface area (Å²) >= 11 is 0. The number of furan rings is 1. The number of rotatable bonds is 1. The van der Waals surface area contributed by atoms with Crippen molar-refractivity contribution in [1.82, 2.24) is 0 Å². The van der Waals surface area contributed by atoms with Crippen molar-refractivity contribution in [2.24, 2.45) is 0 Å². The van der Waals surface area contributed by atoms with Gasteiger partial charge in [-0.05, 0) is 43.2 Å². The van der Waals surface area contributed by atoms with E-state index in [1.54, 1.807) is 18.2 Å². The van der Waals surface area contributed by atoms with Gasteiger partial charge in [-0.25, -0.2) is 0 Å². The van der Waals surface area contributed by atoms with Gasteiger partial charge in [0, 0.05) is 0 Å². The van der Waals surface area contributed by atoms with Crippen LogP contribution in [0.4, 0.5) is 0 Å². The molecule has 2 heterocycles. The normalized spacial score (nSPS) is 11.1. The van der Waals surface area contributed by atoms with Crippen LogP contribution in [0.2, 0.25) is 0 Å². The predicted molar refractivity (Wildman–Crippen MR) is 71.3 cm³/mol. The molecule has 0 atom stereocenters. The van der Waals surface area contributed by atoms with E-state index in [2.05, 4.69) is 0 Å². The third kappa shape index (κ3) is 1.73. The number of benzene rings is 1. The Hall–Kier alpha value is -2.49. The summed E-state index contributed by atoms with van der Waals surface area (Å²) in [6.45, 7) is 3.75. The van der Waals surface area contributed by atoms with Crippen LogP contribution in [0.1, 0.15) is 11.1 Å². The maximum absolute atomic E-state index is 12.2. The minimum absolute atomic E-state index is 0.0643. The molecule has 0 radical (unpaired) electrons. The van der Waals surface area contributed by atoms with Crippen LogP contribution in [-0.4, -0.2) is 5.11 Å². The summed E-state index contributed by atoms with van der Waals surface area (Å²) in [5, 5.41) is 10.4. The van der Waals surface area contributed by atoms with Gasteiger partial charge in [-0.1, -0.05) is 6.07 Å². The van der Waals surface area contributed by atoms with Crippen LogP contribution in [0.25, 0.3) is 22.5 Å². The highest BCUT2D eigenvalue weighted by Crippen LogP contribution is 2.31. The van der Waals surface area contributed by atoms with E-state index in [1.165, 1.54) is 6.26 Å². The number of aryl methyl sites for hydroxylation is 2. The molecule has 0 aliphatic rings. The summed E-state index contributed by atoms with van der Waals surface area (Å²) in [5.74, 6) is -0.0293. The van der Waals surface area contributed by atoms with E-state index in [9.17, 15) is 9.90 Å². The summed E-state index contributed by atoms with van der Waals surface area (Å²) in [4.78, 5) is 12.2. The first-order valence-corrected chi connectivity index (χ1v) is 5.89. The van der Waals surface area contributed by atoms with E-state index < -0.39 is 11.2 Å². The van der Waals surface area contributed by atoms with E-state index in [1.807, 2.05) is 19.9 Å². The molecular weight excluding hydrogens is 244 g/mol. The first-order valence-electron chi connectivity index (χ1n) is 5.89. The molecule has 0 saturated heterocycles. The fourth-order valence-electron chi connectivity index (χ4n) is 2.21. The minimum Gasteiger partial charge on any atom is -0.501 e. The zero-order chi connectivity index (χ0) is 13.6. The quantitative estimate of drug-likeness (QED) is 0.725. The molecule has 3 rings (SSSR count). The average Bonchev–Trinajstić information content (AvgIpc) is 2.88. The Labute approximate surface area is 108 Å². The third-order valence-electron chi connectivity index (χ3n) is 3.04. The van der Waals surface area contributed by atoms with Crippen molar-refractivity contribution < 1.29 is 13.9 Å². The minimum atomic E-state index is -0.445. The molecule has 0 unspecified atom stereocenters. The van der Waals surface area contributed by atoms with E-state index in [-0.39, 0.29) is 5.76 Å². The zero-order valence-electron chi connectivity index (χ0n) is 10.6. The molecule has 0 bridgehead atoms. The summed E-state index contributed by atoms with van der Waals surface area (Å²) in [6, 6.07) is 6.93. The highest BCUT2D eigenvalue weighted by atomic mass is 16.4. The first-order chi connectivity index (χ1) is 9.08. The van der Waals surface area contributed by atoms with Crippen LogP contribution >= 0.6 is 0 Å². The molecule has 96 valence electrons. The fourth-order valence-corrected chi connectivity index (χ4v) is 2.21. The molecule has 0 amide bonds. The lowest BCUT2D eigenvalue weighted by Crippen LogP contribution is -2.03. The zero-order valence-corrected chi connectivity index (χ0v) is 10.6. The second-order valence-electron chi connectivity index (χ2n) is 4.54. The molecule has 0 saturated carbocycles. The van der Waals surface area contributed by atoms with Crippen molar-refractivity contribution in [3.8, 4) is 17.3 Å². The standard InChI is InChI=1S/C15H12O4/c1-8-6-9(2)14-10(7-8)12(16)13(17)15(19-14)11-4-3-5-18-11/h3-7,17H,1-2H3. The highest BCUT2D eigenvalue weighted by molar-refractivity contribution is 5.84. The lowest BCUT2D eigenvalue weighted by Gasteiger charge is -2.06. The lowest BCUT2D eigenvalue weighted by molar-refractivity contribution is 0.439. The molecule has 0 aliphatic heterocycles. The van der Waals surface area contributed by atoms with E-state index in [0.717, 1.165) is 11.1 Å². The van der Waals surface area contributed by atoms with Crippen molar-refractivity contribution in [1.29, 1.82) is 0 Å². The van der Waals surface area contributed by atoms with Gasteiger partial charge in [-0.15, -0.1) is 0 Å². The van der Waals surface area contributed by atoms with Gasteiger partial charge in [0.2, 0.25) is 16.9 Å². The van der Waals surface area contributed by atoms with E-state index in [0.29, 0.717) is 16.7 Å². The maximum atomic E-state index is 12.2. The van der Waals surface area contributed by atoms with Crippen LogP contribution < -0.4 is 5.43 Å². The molecule has 4 nitrogen and oxygen atoms in total. The van der Waals surface area contributed by atoms with Crippen LogP contribution in [0.15, 0.2) is 44.2 Å². The topological polar surface area (TPSA) is 63.6 Å². The van der Waals surface area contributed by atoms with Gasteiger partial charge in [-0.2, -0.15) is 0 Å². The summed E-state index contributed by atoms with van der Waals surface area (Å²) in [5.41, 5.74) is 1.82. The second kappa shape index (κ2) is 4.02. The predicted octanol–water partition coefficient (Wildman–Crippen LogP) is 3.38. The smallest absolute Gasteiger partial charge is 0.235 e. The summed E-state index contributed by atoms with van der Waals surface area (Å²) in [7, 11) is 0. The molecular formula is C15H12O4. The second-order valence-corrected chi connectivity index (χ2v) is 4.54. The number of fused-ring (bicyclic) bond motifs is 1. The van der Waals surface area contributed by atoms with Crippen LogP contribution in [-0.2, 0) is 0 Å². The molecule has 4 heteroatoms. The van der Waals surface area contributed by atoms with Crippen molar-refractivity contribution >= 4 is 11.0 Å². The molecule has 1 N–H and O–H groups in total. The molecule has 19 heavy (non-hydrogen) atoms. The molecule has 3 aromatic rings. The van der Waals surface area contributed by atoms with Crippen LogP contribution in [0.3, 0.4) is 0 Å². The number of hydrogen-bond acceptors (Lipinski definition) is 4. The highest BCUT2D eigenvalue weighted by Gasteiger charge is 2.18. The molecule has 0 aliphatic carbocycles. The average molecular weight is 256 g/mol. The van der Waals surface area contributed by atoms with Crippen LogP contribution in [0, 0.1) is 13.8 Å². The Balaban J connectivity index is 2.45. The summed E-state index contributed by atoms with van der Waals surface area (Å²) in [6.07, 6.45) is 1.46. The Morgan fingerprint density at radius 3 is 2.68 bits per heavy atom. The van der Waals surface area contributed by atoms with Gasteiger partial charge >= 0.3 is 0 Å². The molecule has 1 aromatic carbocycles. The van der Waals surface area contributed by atoms with Gasteiger partial charge < -0.3 is 13.9 Å². The van der Waals surface area contributed by atoms with Crippen LogP contribution in [0.5, 0.6) is 5.75 Å². The van der Waals surface area contributed by atoms with Crippen molar-refractivity contribution in [2.75, 3.05) is 0 Å². The van der Waals surface area contributed by atoms with Crippen molar-refractivity contribution in [3.63, 3.8) is 0 Å². The Morgan fingerprint density at radius 1 is 1.21 bits per heavy atom. The Kier molecular flexibility index (Phi) is 2.45. The van der Waals surface area contributed by atoms with E-state index >= 15 is 0 Å². The largest absolute Gasteiger partial charge is 0.501 e. The Morgan fingerprint density at radius 2 is 2.00 bits per heavy atom. The molecule has 0 fully saturated rings. The fraction of sp³-hybridized carbons (Fsp3) is 0.133. The van der Waals surface area contributed by atoms with Gasteiger partial charge in [0.25, 0.3) is 0 Å². The van der Waals surface area contributed by atoms with Gasteiger partial charge in [0.1, 0.15) is 5.58 Å². The monoisotopic (exact) mass is 256 g/mol. The van der Waals surface area contributed by atoms with Gasteiger partial charge in [0.05, 0.1) is 11.6 Å². The van der Waals surface area contributed by atoms with Crippen molar-refractivity contribution in [3.05, 3.63) is 51.9 Å². The first kappa shape index (κ1) is 11.6. The molecule has 2 aromatic heterocycles. The maximum Gasteiger partial charge on any atom is 0.235 e. The van der Waals surface area contributed by atoms with E-state index in [4.69, 9.17) is 8.83 Å². The number of aromatic hydroxyl groups is 1.